The number of methoxy groups -OCH3 is 1. The highest BCUT2D eigenvalue weighted by Gasteiger charge is 2.50. The van der Waals surface area contributed by atoms with E-state index in [4.69, 9.17) is 4.74 Å². The second-order valence-corrected chi connectivity index (χ2v) is 10.7. The number of benzene rings is 2. The number of rotatable bonds is 4. The van der Waals surface area contributed by atoms with E-state index in [9.17, 15) is 13.2 Å². The molecule has 4 rings (SSSR count). The molecule has 0 aliphatic carbocycles. The molecule has 6 nitrogen and oxygen atoms in total. The summed E-state index contributed by atoms with van der Waals surface area (Å²) in [6.07, 6.45) is 0.207. The maximum absolute atomic E-state index is 12.7. The molecule has 29 heavy (non-hydrogen) atoms. The van der Waals surface area contributed by atoms with Crippen LogP contribution in [-0.4, -0.2) is 49.4 Å². The van der Waals surface area contributed by atoms with Crippen molar-refractivity contribution in [2.75, 3.05) is 23.5 Å². The van der Waals surface area contributed by atoms with Crippen LogP contribution in [0.4, 0.5) is 5.69 Å². The van der Waals surface area contributed by atoms with Crippen LogP contribution in [0.2, 0.25) is 0 Å². The Bertz CT molecular complexity index is 1080. The van der Waals surface area contributed by atoms with Crippen LogP contribution in [0.1, 0.15) is 11.1 Å². The number of carbonyl (C=O) groups excluding carboxylic acids is 1. The van der Waals surface area contributed by atoms with Gasteiger partial charge in [-0.05, 0) is 24.6 Å². The van der Waals surface area contributed by atoms with Gasteiger partial charge in [-0.1, -0.05) is 53.7 Å². The van der Waals surface area contributed by atoms with Crippen molar-refractivity contribution in [1.29, 1.82) is 0 Å². The molecule has 0 radical (unpaired) electrons. The Morgan fingerprint density at radius 1 is 1.21 bits per heavy atom. The van der Waals surface area contributed by atoms with Crippen molar-refractivity contribution < 1.29 is 17.9 Å². The molecule has 0 saturated carbocycles. The summed E-state index contributed by atoms with van der Waals surface area (Å²) in [4.78, 5) is 18.9. The van der Waals surface area contributed by atoms with Gasteiger partial charge in [0.2, 0.25) is 0 Å². The monoisotopic (exact) mass is 430 g/mol. The Kier molecular flexibility index (Phi) is 5.40. The lowest BCUT2D eigenvalue weighted by Crippen LogP contribution is -2.38. The largest absolute Gasteiger partial charge is 0.495 e. The molecule has 0 bridgehead atoms. The van der Waals surface area contributed by atoms with Crippen LogP contribution in [-0.2, 0) is 21.1 Å². The standard InChI is InChI=1S/C21H22N2O4S2/c1-14-6-5-7-15(10-14)11-20(24)22-21-23(16-8-3-4-9-18(16)27-2)17-12-29(25,26)13-19(17)28-21/h3-10,17,19H,11-13H2,1-2H3/t17-,19-/m0/s1. The highest BCUT2D eigenvalue weighted by atomic mass is 32.2. The number of fused-ring (bicyclic) bond motifs is 1. The van der Waals surface area contributed by atoms with Crippen LogP contribution in [0, 0.1) is 6.92 Å². The summed E-state index contributed by atoms with van der Waals surface area (Å²) in [6, 6.07) is 14.9. The van der Waals surface area contributed by atoms with Gasteiger partial charge < -0.3 is 9.64 Å². The Morgan fingerprint density at radius 2 is 2.00 bits per heavy atom. The smallest absolute Gasteiger partial charge is 0.252 e. The molecule has 0 N–H and O–H groups in total. The highest BCUT2D eigenvalue weighted by Crippen LogP contribution is 2.43. The number of nitrogens with zero attached hydrogens (tertiary/aromatic N) is 2. The second kappa shape index (κ2) is 7.84. The molecule has 2 aliphatic heterocycles. The van der Waals surface area contributed by atoms with Crippen molar-refractivity contribution in [1.82, 2.24) is 0 Å². The molecule has 2 saturated heterocycles. The lowest BCUT2D eigenvalue weighted by molar-refractivity contribution is -0.117. The number of thioether (sulfide) groups is 1. The number of aryl methyl sites for hydroxylation is 1. The third-order valence-corrected chi connectivity index (χ3v) is 8.28. The summed E-state index contributed by atoms with van der Waals surface area (Å²) in [5.74, 6) is 0.519. The highest BCUT2D eigenvalue weighted by molar-refractivity contribution is 8.16. The number of amides is 1. The maximum atomic E-state index is 12.7. The zero-order valence-electron chi connectivity index (χ0n) is 16.2. The molecule has 0 unspecified atom stereocenters. The van der Waals surface area contributed by atoms with E-state index in [2.05, 4.69) is 4.99 Å². The zero-order chi connectivity index (χ0) is 20.6. The fraction of sp³-hybridized carbons (Fsp3) is 0.333. The molecule has 2 fully saturated rings. The number of carbonyl (C=O) groups is 1. The van der Waals surface area contributed by atoms with Crippen LogP contribution in [0.3, 0.4) is 0 Å². The number of hydrogen-bond donors (Lipinski definition) is 0. The van der Waals surface area contributed by atoms with Crippen LogP contribution in [0.25, 0.3) is 0 Å². The van der Waals surface area contributed by atoms with Crippen molar-refractivity contribution in [3.05, 3.63) is 59.7 Å². The molecule has 2 aromatic rings. The number of hydrogen-bond acceptors (Lipinski definition) is 5. The summed E-state index contributed by atoms with van der Waals surface area (Å²) < 4.78 is 29.9. The minimum absolute atomic E-state index is 0.0494. The topological polar surface area (TPSA) is 76.0 Å². The third kappa shape index (κ3) is 4.18. The number of anilines is 1. The van der Waals surface area contributed by atoms with Gasteiger partial charge in [0.05, 0.1) is 36.8 Å². The van der Waals surface area contributed by atoms with Gasteiger partial charge in [-0.15, -0.1) is 0 Å². The predicted octanol–water partition coefficient (Wildman–Crippen LogP) is 2.85. The van der Waals surface area contributed by atoms with Gasteiger partial charge in [0, 0.05) is 5.25 Å². The molecule has 2 aromatic carbocycles. The molecule has 2 aliphatic rings. The molecule has 0 aromatic heterocycles. The van der Waals surface area contributed by atoms with Crippen LogP contribution in [0.15, 0.2) is 53.5 Å². The van der Waals surface area contributed by atoms with Crippen LogP contribution < -0.4 is 9.64 Å². The molecule has 0 spiro atoms. The molecule has 1 amide bonds. The first-order valence-electron chi connectivity index (χ1n) is 9.33. The van der Waals surface area contributed by atoms with E-state index in [0.29, 0.717) is 10.9 Å². The average Bonchev–Trinajstić information content (AvgIpc) is 3.12. The van der Waals surface area contributed by atoms with Crippen molar-refractivity contribution in [3.63, 3.8) is 0 Å². The fourth-order valence-electron chi connectivity index (χ4n) is 3.82. The summed E-state index contributed by atoms with van der Waals surface area (Å²) in [7, 11) is -1.54. The lowest BCUT2D eigenvalue weighted by Gasteiger charge is -2.26. The maximum Gasteiger partial charge on any atom is 0.252 e. The first-order valence-corrected chi connectivity index (χ1v) is 12.0. The molecule has 8 heteroatoms. The molecule has 2 heterocycles. The van der Waals surface area contributed by atoms with Gasteiger partial charge in [-0.2, -0.15) is 4.99 Å². The number of sulfone groups is 1. The number of aliphatic imine (C=N–C) groups is 1. The van der Waals surface area contributed by atoms with Gasteiger partial charge in [0.25, 0.3) is 5.91 Å². The summed E-state index contributed by atoms with van der Waals surface area (Å²) in [6.45, 7) is 1.98. The minimum Gasteiger partial charge on any atom is -0.495 e. The molecular weight excluding hydrogens is 408 g/mol. The van der Waals surface area contributed by atoms with Crippen molar-refractivity contribution in [3.8, 4) is 5.75 Å². The van der Waals surface area contributed by atoms with E-state index in [-0.39, 0.29) is 35.1 Å². The van der Waals surface area contributed by atoms with Crippen molar-refractivity contribution in [2.45, 2.75) is 24.6 Å². The quantitative estimate of drug-likeness (QED) is 0.743. The van der Waals surface area contributed by atoms with Gasteiger partial charge >= 0.3 is 0 Å². The van der Waals surface area contributed by atoms with Crippen molar-refractivity contribution in [2.24, 2.45) is 4.99 Å². The van der Waals surface area contributed by atoms with E-state index < -0.39 is 9.84 Å². The Labute approximate surface area is 174 Å². The summed E-state index contributed by atoms with van der Waals surface area (Å²) >= 11 is 1.37. The summed E-state index contributed by atoms with van der Waals surface area (Å²) in [5, 5.41) is 0.396. The van der Waals surface area contributed by atoms with E-state index in [1.807, 2.05) is 60.4 Å². The first-order chi connectivity index (χ1) is 13.9. The zero-order valence-corrected chi connectivity index (χ0v) is 17.9. The fourth-order valence-corrected chi connectivity index (χ4v) is 7.74. The molecular formula is C21H22N2O4S2. The van der Waals surface area contributed by atoms with E-state index in [0.717, 1.165) is 16.8 Å². The van der Waals surface area contributed by atoms with E-state index in [1.165, 1.54) is 11.8 Å². The van der Waals surface area contributed by atoms with E-state index in [1.54, 1.807) is 7.11 Å². The predicted molar refractivity (Wildman–Crippen MR) is 117 cm³/mol. The lowest BCUT2D eigenvalue weighted by atomic mass is 10.1. The van der Waals surface area contributed by atoms with Gasteiger partial charge in [-0.25, -0.2) is 8.42 Å². The Hall–Kier alpha value is -2.32. The van der Waals surface area contributed by atoms with Crippen molar-refractivity contribution >= 4 is 38.4 Å². The number of para-hydroxylation sites is 2. The average molecular weight is 431 g/mol. The number of ether oxygens (including phenoxy) is 1. The van der Waals surface area contributed by atoms with Gasteiger partial charge in [0.1, 0.15) is 5.75 Å². The van der Waals surface area contributed by atoms with Crippen LogP contribution in [0.5, 0.6) is 5.75 Å². The van der Waals surface area contributed by atoms with E-state index >= 15 is 0 Å². The minimum atomic E-state index is -3.11. The molecule has 152 valence electrons. The first kappa shape index (κ1) is 20.0. The third-order valence-electron chi connectivity index (χ3n) is 5.07. The van der Waals surface area contributed by atoms with Crippen LogP contribution >= 0.6 is 11.8 Å². The summed E-state index contributed by atoms with van der Waals surface area (Å²) in [5.41, 5.74) is 2.73. The molecule has 2 atom stereocenters. The van der Waals surface area contributed by atoms with Gasteiger partial charge in [0.15, 0.2) is 15.0 Å². The van der Waals surface area contributed by atoms with Gasteiger partial charge in [-0.3, -0.25) is 4.79 Å². The second-order valence-electron chi connectivity index (χ2n) is 7.30. The normalized spacial score (nSPS) is 23.9. The Morgan fingerprint density at radius 3 is 2.76 bits per heavy atom. The SMILES string of the molecule is COc1ccccc1N1C(=NC(=O)Cc2cccc(C)c2)S[C@H]2CS(=O)(=O)C[C@@H]21. The number of amidine groups is 1. The Balaban J connectivity index is 1.68.